The Kier molecular flexibility index (Phi) is 5.01. The highest BCUT2D eigenvalue weighted by atomic mass is 35.5. The maximum absolute atomic E-state index is 12.6. The molecule has 0 amide bonds. The number of hydrogen-bond acceptors (Lipinski definition) is 2. The fourth-order valence-corrected chi connectivity index (χ4v) is 1.91. The van der Waals surface area contributed by atoms with Crippen LogP contribution in [0.25, 0.3) is 0 Å². The Morgan fingerprint density at radius 1 is 1.33 bits per heavy atom. The summed E-state index contributed by atoms with van der Waals surface area (Å²) in [5.74, 6) is 0. The van der Waals surface area contributed by atoms with Crippen molar-refractivity contribution in [2.45, 2.75) is 38.1 Å². The molecule has 18 heavy (non-hydrogen) atoms. The number of alkyl halides is 3. The van der Waals surface area contributed by atoms with Crippen molar-refractivity contribution in [2.24, 2.45) is 5.73 Å². The smallest absolute Gasteiger partial charge is 0.391 e. The van der Waals surface area contributed by atoms with Crippen molar-refractivity contribution >= 4 is 11.6 Å². The Hall–Kier alpha value is -0.780. The first-order chi connectivity index (χ1) is 8.25. The predicted octanol–water partition coefficient (Wildman–Crippen LogP) is 3.52. The normalized spacial score (nSPS) is 15.5. The SMILES string of the molecule is CCC[C@@H](O)[C@@H](N)c1cc(Cl)cc(C(F)(F)F)c1. The Morgan fingerprint density at radius 3 is 2.44 bits per heavy atom. The molecular formula is C12H15ClF3NO. The van der Waals surface area contributed by atoms with Crippen LogP contribution in [0.15, 0.2) is 18.2 Å². The first-order valence-electron chi connectivity index (χ1n) is 5.57. The van der Waals surface area contributed by atoms with Gasteiger partial charge in [-0.25, -0.2) is 0 Å². The van der Waals surface area contributed by atoms with Crippen LogP contribution in [0.2, 0.25) is 5.02 Å². The van der Waals surface area contributed by atoms with E-state index in [-0.39, 0.29) is 10.6 Å². The van der Waals surface area contributed by atoms with Gasteiger partial charge < -0.3 is 10.8 Å². The van der Waals surface area contributed by atoms with E-state index < -0.39 is 23.9 Å². The van der Waals surface area contributed by atoms with E-state index in [1.54, 1.807) is 0 Å². The molecule has 1 rings (SSSR count). The van der Waals surface area contributed by atoms with Crippen LogP contribution in [0.5, 0.6) is 0 Å². The van der Waals surface area contributed by atoms with Gasteiger partial charge in [0.1, 0.15) is 0 Å². The third kappa shape index (κ3) is 3.86. The van der Waals surface area contributed by atoms with Crippen LogP contribution in [0.4, 0.5) is 13.2 Å². The molecule has 0 heterocycles. The monoisotopic (exact) mass is 281 g/mol. The Morgan fingerprint density at radius 2 is 1.94 bits per heavy atom. The summed E-state index contributed by atoms with van der Waals surface area (Å²) in [7, 11) is 0. The summed E-state index contributed by atoms with van der Waals surface area (Å²) in [5.41, 5.74) is 5.06. The zero-order chi connectivity index (χ0) is 13.9. The number of aliphatic hydroxyl groups is 1. The highest BCUT2D eigenvalue weighted by Crippen LogP contribution is 2.33. The second-order valence-electron chi connectivity index (χ2n) is 4.15. The number of halogens is 4. The van der Waals surface area contributed by atoms with E-state index in [2.05, 4.69) is 0 Å². The van der Waals surface area contributed by atoms with Crippen LogP contribution < -0.4 is 5.73 Å². The van der Waals surface area contributed by atoms with Gasteiger partial charge in [0, 0.05) is 5.02 Å². The quantitative estimate of drug-likeness (QED) is 0.887. The summed E-state index contributed by atoms with van der Waals surface area (Å²) in [4.78, 5) is 0. The minimum absolute atomic E-state index is 0.0426. The van der Waals surface area contributed by atoms with E-state index in [1.807, 2.05) is 6.92 Å². The largest absolute Gasteiger partial charge is 0.416 e. The predicted molar refractivity (Wildman–Crippen MR) is 64.3 cm³/mol. The lowest BCUT2D eigenvalue weighted by Gasteiger charge is -2.20. The fourth-order valence-electron chi connectivity index (χ4n) is 1.67. The molecule has 0 saturated carbocycles. The van der Waals surface area contributed by atoms with Gasteiger partial charge in [0.25, 0.3) is 0 Å². The van der Waals surface area contributed by atoms with Crippen LogP contribution in [0.1, 0.15) is 36.9 Å². The molecule has 3 N–H and O–H groups in total. The van der Waals surface area contributed by atoms with Gasteiger partial charge >= 0.3 is 6.18 Å². The van der Waals surface area contributed by atoms with Crippen LogP contribution in [0, 0.1) is 0 Å². The van der Waals surface area contributed by atoms with E-state index in [9.17, 15) is 18.3 Å². The topological polar surface area (TPSA) is 46.2 Å². The third-order valence-corrected chi connectivity index (χ3v) is 2.85. The molecule has 0 bridgehead atoms. The number of aliphatic hydroxyl groups excluding tert-OH is 1. The summed E-state index contributed by atoms with van der Waals surface area (Å²) in [5, 5.41) is 9.66. The van der Waals surface area contributed by atoms with Crippen LogP contribution in [-0.4, -0.2) is 11.2 Å². The number of hydrogen-bond donors (Lipinski definition) is 2. The average molecular weight is 282 g/mol. The van der Waals surface area contributed by atoms with Crippen molar-refractivity contribution in [3.8, 4) is 0 Å². The standard InChI is InChI=1S/C12H15ClF3NO/c1-2-3-10(18)11(17)7-4-8(12(14,15)16)6-9(13)5-7/h4-6,10-11,18H,2-3,17H2,1H3/t10-,11+/m1/s1. The Bertz CT molecular complexity index is 409. The molecule has 0 aliphatic rings. The van der Waals surface area contributed by atoms with Gasteiger partial charge in [0.05, 0.1) is 17.7 Å². The van der Waals surface area contributed by atoms with E-state index in [0.717, 1.165) is 12.1 Å². The summed E-state index contributed by atoms with van der Waals surface area (Å²) >= 11 is 5.64. The Labute approximate surface area is 109 Å². The van der Waals surface area contributed by atoms with Gasteiger partial charge in [0.2, 0.25) is 0 Å². The molecule has 0 aliphatic carbocycles. The molecule has 0 spiro atoms. The lowest BCUT2D eigenvalue weighted by atomic mass is 9.97. The summed E-state index contributed by atoms with van der Waals surface area (Å²) in [6.07, 6.45) is -4.24. The van der Waals surface area contributed by atoms with Gasteiger partial charge in [0.15, 0.2) is 0 Å². The minimum Gasteiger partial charge on any atom is -0.391 e. The molecule has 0 aromatic heterocycles. The van der Waals surface area contributed by atoms with E-state index in [0.29, 0.717) is 12.8 Å². The summed E-state index contributed by atoms with van der Waals surface area (Å²) in [6, 6.07) is 2.24. The van der Waals surface area contributed by atoms with Gasteiger partial charge in [-0.15, -0.1) is 0 Å². The Balaban J connectivity index is 3.06. The lowest BCUT2D eigenvalue weighted by molar-refractivity contribution is -0.137. The van der Waals surface area contributed by atoms with Gasteiger partial charge in [-0.2, -0.15) is 13.2 Å². The second-order valence-corrected chi connectivity index (χ2v) is 4.59. The zero-order valence-electron chi connectivity index (χ0n) is 9.84. The number of rotatable bonds is 4. The molecule has 0 unspecified atom stereocenters. The molecule has 0 saturated heterocycles. The van der Waals surface area contributed by atoms with Crippen LogP contribution in [0.3, 0.4) is 0 Å². The second kappa shape index (κ2) is 5.91. The highest BCUT2D eigenvalue weighted by Gasteiger charge is 2.32. The third-order valence-electron chi connectivity index (χ3n) is 2.63. The molecule has 2 nitrogen and oxygen atoms in total. The maximum atomic E-state index is 12.6. The number of nitrogens with two attached hydrogens (primary N) is 1. The van der Waals surface area contributed by atoms with E-state index in [4.69, 9.17) is 17.3 Å². The first-order valence-corrected chi connectivity index (χ1v) is 5.94. The minimum atomic E-state index is -4.48. The van der Waals surface area contributed by atoms with Crippen molar-refractivity contribution in [1.29, 1.82) is 0 Å². The van der Waals surface area contributed by atoms with Crippen LogP contribution >= 0.6 is 11.6 Å². The number of benzene rings is 1. The van der Waals surface area contributed by atoms with Crippen molar-refractivity contribution in [3.05, 3.63) is 34.3 Å². The zero-order valence-corrected chi connectivity index (χ0v) is 10.6. The van der Waals surface area contributed by atoms with Crippen molar-refractivity contribution in [1.82, 2.24) is 0 Å². The summed E-state index contributed by atoms with van der Waals surface area (Å²) < 4.78 is 37.8. The van der Waals surface area contributed by atoms with Crippen molar-refractivity contribution in [3.63, 3.8) is 0 Å². The molecule has 2 atom stereocenters. The summed E-state index contributed by atoms with van der Waals surface area (Å²) in [6.45, 7) is 1.86. The van der Waals surface area contributed by atoms with E-state index >= 15 is 0 Å². The van der Waals surface area contributed by atoms with Gasteiger partial charge in [-0.3, -0.25) is 0 Å². The molecule has 0 radical (unpaired) electrons. The van der Waals surface area contributed by atoms with Crippen molar-refractivity contribution in [2.75, 3.05) is 0 Å². The molecule has 102 valence electrons. The van der Waals surface area contributed by atoms with Crippen molar-refractivity contribution < 1.29 is 18.3 Å². The molecule has 0 fully saturated rings. The molecule has 1 aromatic carbocycles. The molecule has 6 heteroatoms. The van der Waals surface area contributed by atoms with Gasteiger partial charge in [-0.05, 0) is 30.2 Å². The molecular weight excluding hydrogens is 267 g/mol. The van der Waals surface area contributed by atoms with Crippen LogP contribution in [-0.2, 0) is 6.18 Å². The average Bonchev–Trinajstić information content (AvgIpc) is 2.26. The van der Waals surface area contributed by atoms with Gasteiger partial charge in [-0.1, -0.05) is 24.9 Å². The molecule has 1 aromatic rings. The maximum Gasteiger partial charge on any atom is 0.416 e. The highest BCUT2D eigenvalue weighted by molar-refractivity contribution is 6.30. The van der Waals surface area contributed by atoms with E-state index in [1.165, 1.54) is 6.07 Å². The lowest BCUT2D eigenvalue weighted by Crippen LogP contribution is -2.26. The molecule has 0 aliphatic heterocycles. The fraction of sp³-hybridized carbons (Fsp3) is 0.500. The first kappa shape index (κ1) is 15.3.